The van der Waals surface area contributed by atoms with Gasteiger partial charge in [0.05, 0.1) is 22.6 Å². The number of rotatable bonds is 7. The predicted molar refractivity (Wildman–Crippen MR) is 231 cm³/mol. The summed E-state index contributed by atoms with van der Waals surface area (Å²) in [5, 5.41) is 2.32. The zero-order valence-electron chi connectivity index (χ0n) is 29.8. The lowest BCUT2D eigenvalue weighted by molar-refractivity contribution is 1.18. The summed E-state index contributed by atoms with van der Waals surface area (Å²) in [5.41, 5.74) is 13.7. The molecular formula is C51H33N3S. The van der Waals surface area contributed by atoms with Crippen LogP contribution in [0.3, 0.4) is 0 Å². The van der Waals surface area contributed by atoms with Crippen LogP contribution < -0.4 is 0 Å². The molecule has 0 unspecified atom stereocenters. The molecular weight excluding hydrogens is 687 g/mol. The number of fused-ring (bicyclic) bond motifs is 3. The Balaban J connectivity index is 1.17. The highest BCUT2D eigenvalue weighted by atomic mass is 32.1. The maximum absolute atomic E-state index is 5.44. The van der Waals surface area contributed by atoms with Gasteiger partial charge in [0, 0.05) is 48.2 Å². The molecule has 10 rings (SSSR count). The second kappa shape index (κ2) is 14.1. The molecule has 55 heavy (non-hydrogen) atoms. The van der Waals surface area contributed by atoms with Gasteiger partial charge in [0.1, 0.15) is 0 Å². The van der Waals surface area contributed by atoms with E-state index in [1.54, 1.807) is 0 Å². The molecule has 3 aromatic heterocycles. The molecule has 10 aromatic rings. The van der Waals surface area contributed by atoms with Crippen LogP contribution in [0.1, 0.15) is 0 Å². The van der Waals surface area contributed by atoms with E-state index < -0.39 is 0 Å². The van der Waals surface area contributed by atoms with Crippen molar-refractivity contribution in [3.63, 3.8) is 0 Å². The fourth-order valence-electron chi connectivity index (χ4n) is 7.42. The zero-order valence-corrected chi connectivity index (χ0v) is 30.6. The van der Waals surface area contributed by atoms with Gasteiger partial charge in [-0.25, -0.2) is 15.0 Å². The first-order valence-corrected chi connectivity index (χ1v) is 19.3. The van der Waals surface area contributed by atoms with Crippen LogP contribution in [0.15, 0.2) is 200 Å². The zero-order chi connectivity index (χ0) is 36.6. The van der Waals surface area contributed by atoms with E-state index in [1.165, 1.54) is 37.4 Å². The smallest absolute Gasteiger partial charge is 0.160 e. The minimum Gasteiger partial charge on any atom is -0.247 e. The number of thiophene rings is 1. The van der Waals surface area contributed by atoms with E-state index in [-0.39, 0.29) is 0 Å². The van der Waals surface area contributed by atoms with Gasteiger partial charge in [0.25, 0.3) is 0 Å². The van der Waals surface area contributed by atoms with Crippen LogP contribution in [0.2, 0.25) is 0 Å². The van der Waals surface area contributed by atoms with Crippen molar-refractivity contribution in [3.8, 4) is 77.9 Å². The highest BCUT2D eigenvalue weighted by Gasteiger charge is 2.23. The van der Waals surface area contributed by atoms with Crippen LogP contribution in [-0.4, -0.2) is 15.0 Å². The van der Waals surface area contributed by atoms with E-state index in [4.69, 9.17) is 15.0 Å². The largest absolute Gasteiger partial charge is 0.247 e. The Hall–Kier alpha value is -7.01. The quantitative estimate of drug-likeness (QED) is 0.165. The third kappa shape index (κ3) is 6.19. The summed E-state index contributed by atoms with van der Waals surface area (Å²) in [6.07, 6.45) is 0. The van der Waals surface area contributed by atoms with Crippen molar-refractivity contribution < 1.29 is 0 Å². The molecule has 0 spiro atoms. The third-order valence-electron chi connectivity index (χ3n) is 10.1. The molecule has 3 heterocycles. The van der Waals surface area contributed by atoms with E-state index >= 15 is 0 Å². The van der Waals surface area contributed by atoms with Gasteiger partial charge in [-0.1, -0.05) is 182 Å². The molecule has 4 heteroatoms. The molecule has 7 aromatic carbocycles. The van der Waals surface area contributed by atoms with Gasteiger partial charge in [-0.15, -0.1) is 11.3 Å². The van der Waals surface area contributed by atoms with Crippen LogP contribution in [0.4, 0.5) is 0 Å². The van der Waals surface area contributed by atoms with Crippen molar-refractivity contribution in [2.75, 3.05) is 0 Å². The number of hydrogen-bond acceptors (Lipinski definition) is 4. The lowest BCUT2D eigenvalue weighted by Gasteiger charge is -2.13. The van der Waals surface area contributed by atoms with Crippen molar-refractivity contribution in [1.82, 2.24) is 15.0 Å². The van der Waals surface area contributed by atoms with Gasteiger partial charge in [-0.05, 0) is 40.5 Å². The van der Waals surface area contributed by atoms with E-state index in [1.807, 2.05) is 35.6 Å². The Bertz CT molecular complexity index is 2940. The van der Waals surface area contributed by atoms with E-state index in [0.29, 0.717) is 5.82 Å². The molecule has 0 saturated carbocycles. The Morgan fingerprint density at radius 3 is 1.55 bits per heavy atom. The summed E-state index contributed by atoms with van der Waals surface area (Å²) in [7, 11) is 0. The van der Waals surface area contributed by atoms with Crippen LogP contribution in [0.25, 0.3) is 98.8 Å². The molecule has 3 nitrogen and oxygen atoms in total. The number of hydrogen-bond donors (Lipinski definition) is 0. The van der Waals surface area contributed by atoms with Crippen LogP contribution in [0.5, 0.6) is 0 Å². The average Bonchev–Trinajstić information content (AvgIpc) is 3.69. The minimum absolute atomic E-state index is 0.688. The normalized spacial score (nSPS) is 11.3. The molecule has 0 radical (unpaired) electrons. The fourth-order valence-corrected chi connectivity index (χ4v) is 8.78. The molecule has 0 amide bonds. The standard InChI is InChI=1S/C51H33N3S/c1-5-16-34(17-6-1)35-28-30-36(31-29-35)44-33-45(54-51(53-44)39-22-11-4-12-23-39)40-24-15-25-41(32-40)48-47-46(37-18-7-2-8-19-37)49(38-20-9-3-10-21-38)55-50(47)42-26-13-14-27-43(42)52-48/h1-33H. The Morgan fingerprint density at radius 1 is 0.345 bits per heavy atom. The number of nitrogens with zero attached hydrogens (tertiary/aromatic N) is 3. The van der Waals surface area contributed by atoms with Gasteiger partial charge >= 0.3 is 0 Å². The van der Waals surface area contributed by atoms with Gasteiger partial charge in [-0.3, -0.25) is 0 Å². The molecule has 0 atom stereocenters. The number of benzene rings is 7. The van der Waals surface area contributed by atoms with Crippen molar-refractivity contribution in [2.45, 2.75) is 0 Å². The maximum Gasteiger partial charge on any atom is 0.160 e. The van der Waals surface area contributed by atoms with E-state index in [2.05, 4.69) is 176 Å². The summed E-state index contributed by atoms with van der Waals surface area (Å²) in [6.45, 7) is 0. The van der Waals surface area contributed by atoms with Gasteiger partial charge < -0.3 is 0 Å². The highest BCUT2D eigenvalue weighted by Crippen LogP contribution is 2.50. The number of pyridine rings is 1. The lowest BCUT2D eigenvalue weighted by atomic mass is 9.94. The maximum atomic E-state index is 5.44. The molecule has 0 fully saturated rings. The first-order chi connectivity index (χ1) is 27.3. The first kappa shape index (κ1) is 32.6. The number of para-hydroxylation sites is 1. The summed E-state index contributed by atoms with van der Waals surface area (Å²) < 4.78 is 1.23. The minimum atomic E-state index is 0.688. The number of aromatic nitrogens is 3. The average molecular weight is 720 g/mol. The fraction of sp³-hybridized carbons (Fsp3) is 0. The SMILES string of the molecule is c1ccc(-c2ccc(-c3cc(-c4cccc(-c5nc6ccccc6c6sc(-c7ccccc7)c(-c7ccccc7)c56)c4)nc(-c4ccccc4)n3)cc2)cc1. The Kier molecular flexibility index (Phi) is 8.36. The molecule has 0 N–H and O–H groups in total. The van der Waals surface area contributed by atoms with Crippen LogP contribution >= 0.6 is 11.3 Å². The van der Waals surface area contributed by atoms with Crippen molar-refractivity contribution >= 4 is 32.3 Å². The molecule has 0 saturated heterocycles. The first-order valence-electron chi connectivity index (χ1n) is 18.4. The summed E-state index contributed by atoms with van der Waals surface area (Å²) in [4.78, 5) is 17.0. The van der Waals surface area contributed by atoms with Gasteiger partial charge in [0.2, 0.25) is 0 Å². The van der Waals surface area contributed by atoms with E-state index in [9.17, 15) is 0 Å². The molecule has 0 aliphatic heterocycles. The lowest BCUT2D eigenvalue weighted by Crippen LogP contribution is -1.96. The second-order valence-electron chi connectivity index (χ2n) is 13.6. The topological polar surface area (TPSA) is 38.7 Å². The molecule has 0 aliphatic carbocycles. The molecule has 0 bridgehead atoms. The van der Waals surface area contributed by atoms with Crippen molar-refractivity contribution in [1.29, 1.82) is 0 Å². The van der Waals surface area contributed by atoms with Crippen LogP contribution in [0, 0.1) is 0 Å². The molecule has 258 valence electrons. The monoisotopic (exact) mass is 719 g/mol. The Labute approximate surface area is 323 Å². The van der Waals surface area contributed by atoms with Gasteiger partial charge in [-0.2, -0.15) is 0 Å². The van der Waals surface area contributed by atoms with E-state index in [0.717, 1.165) is 55.6 Å². The summed E-state index contributed by atoms with van der Waals surface area (Å²) >= 11 is 1.85. The van der Waals surface area contributed by atoms with Gasteiger partial charge in [0.15, 0.2) is 5.82 Å². The Morgan fingerprint density at radius 2 is 0.855 bits per heavy atom. The van der Waals surface area contributed by atoms with Crippen LogP contribution in [-0.2, 0) is 0 Å². The summed E-state index contributed by atoms with van der Waals surface area (Å²) in [6, 6.07) is 70.1. The summed E-state index contributed by atoms with van der Waals surface area (Å²) in [5.74, 6) is 0.688. The second-order valence-corrected chi connectivity index (χ2v) is 14.6. The highest BCUT2D eigenvalue weighted by molar-refractivity contribution is 7.24. The van der Waals surface area contributed by atoms with Crippen molar-refractivity contribution in [2.24, 2.45) is 0 Å². The third-order valence-corrected chi connectivity index (χ3v) is 11.4. The molecule has 0 aliphatic rings. The predicted octanol–water partition coefficient (Wildman–Crippen LogP) is 13.9. The van der Waals surface area contributed by atoms with Crippen molar-refractivity contribution in [3.05, 3.63) is 200 Å².